The number of urea groups is 1. The van der Waals surface area contributed by atoms with Crippen LogP contribution in [0.4, 0.5) is 16.3 Å². The van der Waals surface area contributed by atoms with Crippen molar-refractivity contribution in [1.29, 1.82) is 0 Å². The number of pyridine rings is 1. The summed E-state index contributed by atoms with van der Waals surface area (Å²) in [6, 6.07) is 5.14. The Morgan fingerprint density at radius 2 is 2.08 bits per heavy atom. The maximum absolute atomic E-state index is 12.4. The lowest BCUT2D eigenvalue weighted by Crippen LogP contribution is -2.22. The zero-order chi connectivity index (χ0) is 17.4. The van der Waals surface area contributed by atoms with Crippen molar-refractivity contribution in [3.8, 4) is 5.82 Å². The molecule has 128 valence electrons. The van der Waals surface area contributed by atoms with Crippen LogP contribution < -0.4 is 10.6 Å². The summed E-state index contributed by atoms with van der Waals surface area (Å²) in [6.07, 6.45) is 5.45. The van der Waals surface area contributed by atoms with Crippen molar-refractivity contribution >= 4 is 17.5 Å². The third-order valence-corrected chi connectivity index (χ3v) is 4.08. The highest BCUT2D eigenvalue weighted by molar-refractivity contribution is 6.00. The molecule has 4 rings (SSSR count). The van der Waals surface area contributed by atoms with Gasteiger partial charge in [-0.2, -0.15) is 9.78 Å². The minimum Gasteiger partial charge on any atom is -0.359 e. The van der Waals surface area contributed by atoms with Gasteiger partial charge in [0.1, 0.15) is 17.2 Å². The van der Waals surface area contributed by atoms with Gasteiger partial charge >= 0.3 is 6.03 Å². The van der Waals surface area contributed by atoms with E-state index >= 15 is 0 Å². The molecule has 3 heterocycles. The topological polar surface area (TPSA) is 97.9 Å². The SMILES string of the molecule is Cc1ccnc(-n2nccc2NC(=O)Nc2c(C)noc2C2CC2)c1. The molecular formula is C17H18N6O2. The fraction of sp³-hybridized carbons (Fsp3) is 0.294. The molecule has 0 spiro atoms. The smallest absolute Gasteiger partial charge is 0.325 e. The van der Waals surface area contributed by atoms with Crippen molar-refractivity contribution < 1.29 is 9.32 Å². The van der Waals surface area contributed by atoms with Gasteiger partial charge in [-0.3, -0.25) is 5.32 Å². The Labute approximate surface area is 144 Å². The second-order valence-electron chi connectivity index (χ2n) is 6.18. The number of nitrogens with one attached hydrogen (secondary N) is 2. The summed E-state index contributed by atoms with van der Waals surface area (Å²) in [7, 11) is 0. The molecule has 1 saturated carbocycles. The Morgan fingerprint density at radius 1 is 1.24 bits per heavy atom. The highest BCUT2D eigenvalue weighted by Crippen LogP contribution is 2.44. The first-order valence-corrected chi connectivity index (χ1v) is 8.13. The molecule has 0 aromatic carbocycles. The first-order chi connectivity index (χ1) is 12.1. The molecule has 1 aliphatic rings. The molecule has 8 nitrogen and oxygen atoms in total. The van der Waals surface area contributed by atoms with Crippen LogP contribution in [-0.2, 0) is 0 Å². The van der Waals surface area contributed by atoms with Crippen LogP contribution in [-0.4, -0.2) is 26.0 Å². The summed E-state index contributed by atoms with van der Waals surface area (Å²) < 4.78 is 6.92. The Morgan fingerprint density at radius 3 is 2.84 bits per heavy atom. The number of carbonyl (C=O) groups is 1. The first-order valence-electron chi connectivity index (χ1n) is 8.13. The number of hydrogen-bond acceptors (Lipinski definition) is 5. The van der Waals surface area contributed by atoms with E-state index in [9.17, 15) is 4.79 Å². The van der Waals surface area contributed by atoms with E-state index in [-0.39, 0.29) is 6.03 Å². The van der Waals surface area contributed by atoms with Crippen molar-refractivity contribution in [3.63, 3.8) is 0 Å². The lowest BCUT2D eigenvalue weighted by atomic mass is 10.2. The molecule has 0 radical (unpaired) electrons. The molecule has 0 unspecified atom stereocenters. The molecule has 2 amide bonds. The zero-order valence-electron chi connectivity index (χ0n) is 14.0. The van der Waals surface area contributed by atoms with Gasteiger partial charge in [-0.25, -0.2) is 9.78 Å². The molecule has 25 heavy (non-hydrogen) atoms. The second-order valence-corrected chi connectivity index (χ2v) is 6.18. The number of anilines is 2. The Balaban J connectivity index is 1.53. The van der Waals surface area contributed by atoms with Crippen molar-refractivity contribution in [2.75, 3.05) is 10.6 Å². The maximum Gasteiger partial charge on any atom is 0.325 e. The molecule has 2 N–H and O–H groups in total. The third-order valence-electron chi connectivity index (χ3n) is 4.08. The number of aromatic nitrogens is 4. The highest BCUT2D eigenvalue weighted by Gasteiger charge is 2.32. The van der Waals surface area contributed by atoms with Gasteiger partial charge in [0, 0.05) is 18.2 Å². The largest absolute Gasteiger partial charge is 0.359 e. The predicted octanol–water partition coefficient (Wildman–Crippen LogP) is 3.39. The number of amides is 2. The van der Waals surface area contributed by atoms with Crippen LogP contribution in [0.5, 0.6) is 0 Å². The van der Waals surface area contributed by atoms with Crippen molar-refractivity contribution in [1.82, 2.24) is 19.9 Å². The fourth-order valence-corrected chi connectivity index (χ4v) is 2.64. The van der Waals surface area contributed by atoms with Crippen molar-refractivity contribution in [2.24, 2.45) is 0 Å². The van der Waals surface area contributed by atoms with E-state index in [2.05, 4.69) is 25.9 Å². The van der Waals surface area contributed by atoms with Crippen LogP contribution in [0.15, 0.2) is 35.1 Å². The Hall–Kier alpha value is -3.16. The lowest BCUT2D eigenvalue weighted by Gasteiger charge is -2.10. The van der Waals surface area contributed by atoms with E-state index in [0.29, 0.717) is 28.9 Å². The van der Waals surface area contributed by atoms with E-state index < -0.39 is 0 Å². The van der Waals surface area contributed by atoms with Crippen LogP contribution in [0.25, 0.3) is 5.82 Å². The quantitative estimate of drug-likeness (QED) is 0.760. The van der Waals surface area contributed by atoms with Gasteiger partial charge in [0.15, 0.2) is 11.6 Å². The summed E-state index contributed by atoms with van der Waals surface area (Å²) in [5, 5.41) is 13.8. The molecule has 1 fully saturated rings. The highest BCUT2D eigenvalue weighted by atomic mass is 16.5. The van der Waals surface area contributed by atoms with Crippen molar-refractivity contribution in [2.45, 2.75) is 32.6 Å². The summed E-state index contributed by atoms with van der Waals surface area (Å²) in [5.74, 6) is 2.28. The number of aryl methyl sites for hydroxylation is 2. The van der Waals surface area contributed by atoms with Crippen LogP contribution in [0.2, 0.25) is 0 Å². The monoisotopic (exact) mass is 338 g/mol. The fourth-order valence-electron chi connectivity index (χ4n) is 2.64. The number of rotatable bonds is 4. The summed E-state index contributed by atoms with van der Waals surface area (Å²) in [6.45, 7) is 3.79. The zero-order valence-corrected chi connectivity index (χ0v) is 14.0. The average Bonchev–Trinajstić information content (AvgIpc) is 3.22. The minimum absolute atomic E-state index is 0.360. The number of hydrogen-bond donors (Lipinski definition) is 2. The van der Waals surface area contributed by atoms with Gasteiger partial charge in [0.25, 0.3) is 0 Å². The summed E-state index contributed by atoms with van der Waals surface area (Å²) in [5.41, 5.74) is 2.38. The first kappa shape index (κ1) is 15.4. The van der Waals surface area contributed by atoms with E-state index in [0.717, 1.165) is 24.2 Å². The minimum atomic E-state index is -0.373. The molecule has 0 bridgehead atoms. The van der Waals surface area contributed by atoms with Crippen LogP contribution in [0.3, 0.4) is 0 Å². The average molecular weight is 338 g/mol. The number of nitrogens with zero attached hydrogens (tertiary/aromatic N) is 4. The molecule has 3 aromatic heterocycles. The molecule has 0 atom stereocenters. The van der Waals surface area contributed by atoms with Crippen LogP contribution in [0, 0.1) is 13.8 Å². The van der Waals surface area contributed by atoms with E-state index in [1.165, 1.54) is 0 Å². The van der Waals surface area contributed by atoms with Crippen molar-refractivity contribution in [3.05, 3.63) is 47.6 Å². The van der Waals surface area contributed by atoms with Gasteiger partial charge in [-0.05, 0) is 44.4 Å². The molecule has 0 aliphatic heterocycles. The van der Waals surface area contributed by atoms with E-state index in [1.54, 1.807) is 23.1 Å². The van der Waals surface area contributed by atoms with Crippen LogP contribution >= 0.6 is 0 Å². The Kier molecular flexibility index (Phi) is 3.72. The molecule has 8 heteroatoms. The molecule has 0 saturated heterocycles. The van der Waals surface area contributed by atoms with Gasteiger partial charge in [0.2, 0.25) is 0 Å². The second kappa shape index (κ2) is 6.04. The molecule has 1 aliphatic carbocycles. The number of carbonyl (C=O) groups excluding carboxylic acids is 1. The normalized spacial score (nSPS) is 13.7. The Bertz CT molecular complexity index is 925. The maximum atomic E-state index is 12.4. The molecule has 3 aromatic rings. The van der Waals surface area contributed by atoms with Gasteiger partial charge in [0.05, 0.1) is 6.20 Å². The standard InChI is InChI=1S/C17H18N6O2/c1-10-5-7-18-14(9-10)23-13(6-8-19-23)20-17(24)21-15-11(2)22-25-16(15)12-3-4-12/h5-9,12H,3-4H2,1-2H3,(H2,20,21,24). The van der Waals surface area contributed by atoms with Gasteiger partial charge < -0.3 is 9.84 Å². The van der Waals surface area contributed by atoms with Gasteiger partial charge in [-0.15, -0.1) is 0 Å². The third kappa shape index (κ3) is 3.10. The van der Waals surface area contributed by atoms with Crippen LogP contribution in [0.1, 0.15) is 35.8 Å². The van der Waals surface area contributed by atoms with E-state index in [1.807, 2.05) is 26.0 Å². The van der Waals surface area contributed by atoms with E-state index in [4.69, 9.17) is 4.52 Å². The predicted molar refractivity (Wildman–Crippen MR) is 92.0 cm³/mol. The molecular weight excluding hydrogens is 320 g/mol. The van der Waals surface area contributed by atoms with Gasteiger partial charge in [-0.1, -0.05) is 5.16 Å². The summed E-state index contributed by atoms with van der Waals surface area (Å²) >= 11 is 0. The lowest BCUT2D eigenvalue weighted by molar-refractivity contribution is 0.262. The summed E-state index contributed by atoms with van der Waals surface area (Å²) in [4.78, 5) is 16.7.